The van der Waals surface area contributed by atoms with Crippen LogP contribution in [0.2, 0.25) is 5.54 Å². The highest BCUT2D eigenvalue weighted by Crippen LogP contribution is 2.22. The van der Waals surface area contributed by atoms with Gasteiger partial charge in [-0.15, -0.1) is 0 Å². The molecule has 1 aromatic rings. The number of rotatable bonds is 7. The summed E-state index contributed by atoms with van der Waals surface area (Å²) in [4.78, 5) is 25.2. The van der Waals surface area contributed by atoms with Gasteiger partial charge in [-0.1, -0.05) is 37.3 Å². The van der Waals surface area contributed by atoms with E-state index in [1.807, 2.05) is 44.2 Å². The van der Waals surface area contributed by atoms with Crippen molar-refractivity contribution in [1.82, 2.24) is 15.8 Å². The number of carbonyl (C=O) groups is 2. The van der Waals surface area contributed by atoms with Gasteiger partial charge in [-0.05, 0) is 52.1 Å². The second kappa shape index (κ2) is 10.5. The third-order valence-electron chi connectivity index (χ3n) is 4.48. The average Bonchev–Trinajstić information content (AvgIpc) is 2.78. The van der Waals surface area contributed by atoms with Crippen molar-refractivity contribution in [2.45, 2.75) is 77.0 Å². The summed E-state index contributed by atoms with van der Waals surface area (Å²) < 4.78 is 17.8. The number of hydrazine groups is 1. The van der Waals surface area contributed by atoms with E-state index in [4.69, 9.17) is 14.2 Å². The standard InChI is InChI=1S/C22H37N3O5Si/c1-15(31)14-28-22(5,6)29-18-13-25(20(27)30-21(2,3)4)24-19(26)23-17(18)12-16-10-8-7-9-11-16/h7-11,15,17-18H,12-14H2,1-6,31H3,(H2,23,24,26)/t15?,17-,18-/m1/s1. The van der Waals surface area contributed by atoms with Gasteiger partial charge in [0.15, 0.2) is 5.79 Å². The molecule has 0 saturated carbocycles. The second-order valence-corrected chi connectivity index (χ2v) is 11.7. The molecule has 2 rings (SSSR count). The Morgan fingerprint density at radius 3 is 2.45 bits per heavy atom. The van der Waals surface area contributed by atoms with Crippen molar-refractivity contribution < 1.29 is 23.8 Å². The zero-order valence-corrected chi connectivity index (χ0v) is 21.7. The fraction of sp³-hybridized carbons (Fsp3) is 0.636. The van der Waals surface area contributed by atoms with E-state index in [9.17, 15) is 9.59 Å². The lowest BCUT2D eigenvalue weighted by atomic mass is 10.0. The van der Waals surface area contributed by atoms with E-state index in [1.165, 1.54) is 5.01 Å². The van der Waals surface area contributed by atoms with Crippen molar-refractivity contribution in [3.05, 3.63) is 35.9 Å². The van der Waals surface area contributed by atoms with Crippen molar-refractivity contribution >= 4 is 22.4 Å². The fourth-order valence-electron chi connectivity index (χ4n) is 3.14. The summed E-state index contributed by atoms with van der Waals surface area (Å²) in [6.45, 7) is 11.9. The van der Waals surface area contributed by atoms with Crippen LogP contribution in [0.15, 0.2) is 30.3 Å². The number of hydrogen-bond donors (Lipinski definition) is 2. The van der Waals surface area contributed by atoms with Crippen LogP contribution < -0.4 is 10.7 Å². The van der Waals surface area contributed by atoms with Crippen LogP contribution in [-0.2, 0) is 20.6 Å². The maximum absolute atomic E-state index is 12.7. The molecule has 1 aliphatic heterocycles. The van der Waals surface area contributed by atoms with Crippen molar-refractivity contribution in [3.8, 4) is 0 Å². The third-order valence-corrected chi connectivity index (χ3v) is 4.81. The molecule has 0 radical (unpaired) electrons. The lowest BCUT2D eigenvalue weighted by Gasteiger charge is -2.35. The maximum Gasteiger partial charge on any atom is 0.429 e. The Labute approximate surface area is 188 Å². The minimum atomic E-state index is -0.882. The molecule has 0 spiro atoms. The third kappa shape index (κ3) is 8.88. The van der Waals surface area contributed by atoms with E-state index in [2.05, 4.69) is 17.7 Å². The van der Waals surface area contributed by atoms with Gasteiger partial charge >= 0.3 is 12.1 Å². The summed E-state index contributed by atoms with van der Waals surface area (Å²) in [7, 11) is 1.02. The first-order valence-electron chi connectivity index (χ1n) is 10.8. The van der Waals surface area contributed by atoms with E-state index in [0.717, 1.165) is 15.8 Å². The highest BCUT2D eigenvalue weighted by Gasteiger charge is 2.38. The number of benzene rings is 1. The van der Waals surface area contributed by atoms with Crippen molar-refractivity contribution in [3.63, 3.8) is 0 Å². The van der Waals surface area contributed by atoms with Gasteiger partial charge in [0.05, 0.1) is 12.6 Å². The molecule has 3 atom stereocenters. The van der Waals surface area contributed by atoms with Gasteiger partial charge < -0.3 is 19.5 Å². The van der Waals surface area contributed by atoms with Gasteiger partial charge in [0.25, 0.3) is 0 Å². The lowest BCUT2D eigenvalue weighted by Crippen LogP contribution is -2.51. The molecule has 1 aliphatic rings. The van der Waals surface area contributed by atoms with Crippen LogP contribution >= 0.6 is 0 Å². The molecule has 1 aromatic carbocycles. The van der Waals surface area contributed by atoms with Crippen LogP contribution in [0.25, 0.3) is 0 Å². The summed E-state index contributed by atoms with van der Waals surface area (Å²) in [5, 5.41) is 4.11. The molecule has 1 heterocycles. The molecule has 0 aliphatic carbocycles. The van der Waals surface area contributed by atoms with E-state index in [1.54, 1.807) is 20.8 Å². The van der Waals surface area contributed by atoms with E-state index < -0.39 is 29.6 Å². The molecule has 9 heteroatoms. The molecule has 0 aromatic heterocycles. The highest BCUT2D eigenvalue weighted by molar-refractivity contribution is 6.11. The number of nitrogens with zero attached hydrogens (tertiary/aromatic N) is 1. The molecule has 1 unspecified atom stereocenters. The predicted molar refractivity (Wildman–Crippen MR) is 123 cm³/mol. The number of hydrogen-bond acceptors (Lipinski definition) is 5. The fourth-order valence-corrected chi connectivity index (χ4v) is 3.31. The minimum absolute atomic E-state index is 0.119. The molecule has 174 valence electrons. The van der Waals surface area contributed by atoms with Crippen LogP contribution in [0.1, 0.15) is 47.1 Å². The smallest absolute Gasteiger partial charge is 0.429 e. The van der Waals surface area contributed by atoms with Crippen LogP contribution in [-0.4, -0.2) is 64.1 Å². The Morgan fingerprint density at radius 2 is 1.87 bits per heavy atom. The monoisotopic (exact) mass is 451 g/mol. The molecular formula is C22H37N3O5Si. The van der Waals surface area contributed by atoms with Gasteiger partial charge in [0.2, 0.25) is 0 Å². The average molecular weight is 452 g/mol. The first kappa shape index (κ1) is 25.2. The first-order valence-corrected chi connectivity index (χ1v) is 11.9. The Morgan fingerprint density at radius 1 is 1.23 bits per heavy atom. The number of carbonyl (C=O) groups excluding carboxylic acids is 2. The molecule has 3 amide bonds. The molecular weight excluding hydrogens is 414 g/mol. The van der Waals surface area contributed by atoms with Gasteiger partial charge in [-0.2, -0.15) is 0 Å². The van der Waals surface area contributed by atoms with Gasteiger partial charge in [0.1, 0.15) is 11.7 Å². The number of nitrogens with one attached hydrogen (secondary N) is 2. The second-order valence-electron chi connectivity index (χ2n) is 9.73. The minimum Gasteiger partial charge on any atom is -0.442 e. The predicted octanol–water partition coefficient (Wildman–Crippen LogP) is 2.37. The number of amides is 3. The quantitative estimate of drug-likeness (QED) is 0.491. The van der Waals surface area contributed by atoms with Crippen molar-refractivity contribution in [2.75, 3.05) is 13.2 Å². The van der Waals surface area contributed by atoms with Crippen LogP contribution in [0.5, 0.6) is 0 Å². The highest BCUT2D eigenvalue weighted by atomic mass is 28.1. The topological polar surface area (TPSA) is 89.1 Å². The normalized spacial score (nSPS) is 21.1. The van der Waals surface area contributed by atoms with Gasteiger partial charge in [0, 0.05) is 16.8 Å². The van der Waals surface area contributed by atoms with Crippen molar-refractivity contribution in [1.29, 1.82) is 0 Å². The molecule has 0 bridgehead atoms. The summed E-state index contributed by atoms with van der Waals surface area (Å²) in [5.41, 5.74) is 3.42. The molecule has 31 heavy (non-hydrogen) atoms. The van der Waals surface area contributed by atoms with Gasteiger partial charge in [-0.3, -0.25) is 0 Å². The van der Waals surface area contributed by atoms with E-state index >= 15 is 0 Å². The van der Waals surface area contributed by atoms with Crippen LogP contribution in [0.3, 0.4) is 0 Å². The maximum atomic E-state index is 12.7. The Balaban J connectivity index is 2.25. The SMILES string of the molecule is CC([SiH3])COC(C)(C)O[C@@H]1CN(C(=O)OC(C)(C)C)NC(=O)N[C@@H]1Cc1ccccc1. The number of ether oxygens (including phenoxy) is 3. The molecule has 8 nitrogen and oxygen atoms in total. The number of urea groups is 1. The summed E-state index contributed by atoms with van der Waals surface area (Å²) >= 11 is 0. The summed E-state index contributed by atoms with van der Waals surface area (Å²) in [6.07, 6.45) is -0.608. The van der Waals surface area contributed by atoms with Gasteiger partial charge in [-0.25, -0.2) is 20.0 Å². The molecule has 2 N–H and O–H groups in total. The molecule has 1 fully saturated rings. The van der Waals surface area contributed by atoms with Crippen molar-refractivity contribution in [2.24, 2.45) is 0 Å². The Kier molecular flexibility index (Phi) is 8.50. The molecule has 1 saturated heterocycles. The van der Waals surface area contributed by atoms with E-state index in [0.29, 0.717) is 18.6 Å². The lowest BCUT2D eigenvalue weighted by molar-refractivity contribution is -0.242. The summed E-state index contributed by atoms with van der Waals surface area (Å²) in [6, 6.07) is 9.00. The first-order chi connectivity index (χ1) is 14.3. The van der Waals surface area contributed by atoms with Crippen LogP contribution in [0, 0.1) is 0 Å². The Bertz CT molecular complexity index is 736. The van der Waals surface area contributed by atoms with Crippen LogP contribution in [0.4, 0.5) is 9.59 Å². The zero-order valence-electron chi connectivity index (χ0n) is 19.7. The van der Waals surface area contributed by atoms with E-state index in [-0.39, 0.29) is 12.6 Å². The summed E-state index contributed by atoms with van der Waals surface area (Å²) in [5.74, 6) is -0.882. The Hall–Kier alpha value is -2.10. The zero-order chi connectivity index (χ0) is 23.2. The largest absolute Gasteiger partial charge is 0.442 e.